The Labute approximate surface area is 210 Å². The SMILES string of the molecule is COc1cc([C@@H]2C(C(=O)c3ccc(C)o3)=C(O)C(=O)N2CCCN2CCOCC2)cc(OC)c1OC. The van der Waals surface area contributed by atoms with Crippen LogP contribution in [0.25, 0.3) is 0 Å². The van der Waals surface area contributed by atoms with E-state index in [1.807, 2.05) is 0 Å². The van der Waals surface area contributed by atoms with Crippen molar-refractivity contribution in [1.29, 1.82) is 0 Å². The van der Waals surface area contributed by atoms with Gasteiger partial charge in [-0.1, -0.05) is 0 Å². The predicted octanol–water partition coefficient (Wildman–Crippen LogP) is 2.91. The number of morpholine rings is 1. The number of methoxy groups -OCH3 is 3. The number of ketones is 1. The summed E-state index contributed by atoms with van der Waals surface area (Å²) in [5.41, 5.74) is 0.495. The van der Waals surface area contributed by atoms with Crippen LogP contribution in [-0.2, 0) is 9.53 Å². The highest BCUT2D eigenvalue weighted by Gasteiger charge is 2.45. The van der Waals surface area contributed by atoms with E-state index >= 15 is 0 Å². The Hall–Kier alpha value is -3.50. The molecule has 194 valence electrons. The lowest BCUT2D eigenvalue weighted by atomic mass is 9.94. The molecule has 1 saturated heterocycles. The molecule has 0 saturated carbocycles. The minimum Gasteiger partial charge on any atom is -0.503 e. The normalized spacial score (nSPS) is 18.6. The van der Waals surface area contributed by atoms with Gasteiger partial charge >= 0.3 is 0 Å². The summed E-state index contributed by atoms with van der Waals surface area (Å²) < 4.78 is 27.4. The van der Waals surface area contributed by atoms with Crippen molar-refractivity contribution in [2.24, 2.45) is 0 Å². The highest BCUT2D eigenvalue weighted by molar-refractivity contribution is 6.15. The Kier molecular flexibility index (Phi) is 7.85. The maximum Gasteiger partial charge on any atom is 0.290 e. The first-order valence-electron chi connectivity index (χ1n) is 11.8. The third-order valence-corrected chi connectivity index (χ3v) is 6.49. The number of furan rings is 1. The molecule has 0 bridgehead atoms. The number of Topliss-reactive ketones (excluding diaryl/α,β-unsaturated/α-hetero) is 1. The first kappa shape index (κ1) is 25.6. The van der Waals surface area contributed by atoms with Crippen molar-refractivity contribution >= 4 is 11.7 Å². The predicted molar refractivity (Wildman–Crippen MR) is 130 cm³/mol. The molecule has 0 radical (unpaired) electrons. The lowest BCUT2D eigenvalue weighted by Crippen LogP contribution is -2.39. The maximum atomic E-state index is 13.5. The second kappa shape index (κ2) is 11.0. The fraction of sp³-hybridized carbons (Fsp3) is 0.462. The number of ether oxygens (including phenoxy) is 4. The molecule has 10 heteroatoms. The highest BCUT2D eigenvalue weighted by atomic mass is 16.5. The van der Waals surface area contributed by atoms with Crippen molar-refractivity contribution < 1.29 is 38.1 Å². The van der Waals surface area contributed by atoms with E-state index in [0.29, 0.717) is 54.8 Å². The third kappa shape index (κ3) is 4.91. The maximum absolute atomic E-state index is 13.5. The lowest BCUT2D eigenvalue weighted by molar-refractivity contribution is -0.129. The van der Waals surface area contributed by atoms with Crippen LogP contribution in [-0.4, -0.2) is 87.3 Å². The summed E-state index contributed by atoms with van der Waals surface area (Å²) in [7, 11) is 4.48. The molecule has 1 atom stereocenters. The van der Waals surface area contributed by atoms with Crippen LogP contribution < -0.4 is 14.2 Å². The standard InChI is InChI=1S/C26H32N2O8/c1-16-6-7-18(36-16)23(29)21-22(17-14-19(32-2)25(34-4)20(15-17)33-3)28(26(31)24(21)30)9-5-8-27-10-12-35-13-11-27/h6-7,14-15,22,30H,5,8-13H2,1-4H3/t22-/m1/s1. The van der Waals surface area contributed by atoms with Gasteiger partial charge in [-0.15, -0.1) is 0 Å². The zero-order valence-electron chi connectivity index (χ0n) is 21.0. The van der Waals surface area contributed by atoms with Crippen LogP contribution in [0, 0.1) is 6.92 Å². The molecule has 36 heavy (non-hydrogen) atoms. The second-order valence-corrected chi connectivity index (χ2v) is 8.67. The summed E-state index contributed by atoms with van der Waals surface area (Å²) >= 11 is 0. The molecule has 1 aromatic heterocycles. The third-order valence-electron chi connectivity index (χ3n) is 6.49. The molecule has 2 aliphatic heterocycles. The number of rotatable bonds is 10. The van der Waals surface area contributed by atoms with Gasteiger partial charge in [-0.3, -0.25) is 14.5 Å². The van der Waals surface area contributed by atoms with Gasteiger partial charge in [0, 0.05) is 26.2 Å². The Morgan fingerprint density at radius 1 is 1.06 bits per heavy atom. The lowest BCUT2D eigenvalue weighted by Gasteiger charge is -2.30. The van der Waals surface area contributed by atoms with E-state index in [1.165, 1.54) is 32.3 Å². The molecule has 1 amide bonds. The molecular weight excluding hydrogens is 468 g/mol. The molecule has 2 aromatic rings. The quantitative estimate of drug-likeness (QED) is 0.492. The molecule has 0 spiro atoms. The molecule has 0 unspecified atom stereocenters. The van der Waals surface area contributed by atoms with Crippen LogP contribution in [0.4, 0.5) is 0 Å². The fourth-order valence-electron chi connectivity index (χ4n) is 4.70. The van der Waals surface area contributed by atoms with Crippen LogP contribution in [0.15, 0.2) is 40.0 Å². The van der Waals surface area contributed by atoms with Crippen LogP contribution in [0.2, 0.25) is 0 Å². The van der Waals surface area contributed by atoms with Gasteiger partial charge in [0.15, 0.2) is 23.0 Å². The zero-order chi connectivity index (χ0) is 25.8. The first-order chi connectivity index (χ1) is 17.4. The van der Waals surface area contributed by atoms with Gasteiger partial charge in [-0.2, -0.15) is 0 Å². The monoisotopic (exact) mass is 500 g/mol. The number of aryl methyl sites for hydroxylation is 1. The van der Waals surface area contributed by atoms with Crippen LogP contribution >= 0.6 is 0 Å². The van der Waals surface area contributed by atoms with E-state index in [-0.39, 0.29) is 11.3 Å². The summed E-state index contributed by atoms with van der Waals surface area (Å²) in [6.45, 7) is 5.83. The van der Waals surface area contributed by atoms with E-state index in [1.54, 1.807) is 25.1 Å². The summed E-state index contributed by atoms with van der Waals surface area (Å²) in [6.07, 6.45) is 0.654. The van der Waals surface area contributed by atoms with Crippen LogP contribution in [0.3, 0.4) is 0 Å². The van der Waals surface area contributed by atoms with E-state index in [9.17, 15) is 14.7 Å². The minimum atomic E-state index is -0.867. The molecule has 2 aliphatic rings. The number of carbonyl (C=O) groups is 2. The molecule has 1 aromatic carbocycles. The van der Waals surface area contributed by atoms with Gasteiger partial charge in [0.2, 0.25) is 11.5 Å². The first-order valence-corrected chi connectivity index (χ1v) is 11.8. The Balaban J connectivity index is 1.72. The summed E-state index contributed by atoms with van der Waals surface area (Å²) in [5, 5.41) is 10.9. The van der Waals surface area contributed by atoms with Crippen molar-refractivity contribution in [2.75, 3.05) is 60.7 Å². The topological polar surface area (TPSA) is 111 Å². The molecule has 3 heterocycles. The van der Waals surface area contributed by atoms with Gasteiger partial charge in [0.05, 0.1) is 46.2 Å². The second-order valence-electron chi connectivity index (χ2n) is 8.67. The summed E-state index contributed by atoms with van der Waals surface area (Å²) in [4.78, 5) is 30.5. The number of aliphatic hydroxyl groups is 1. The van der Waals surface area contributed by atoms with Crippen molar-refractivity contribution in [3.05, 3.63) is 52.7 Å². The Bertz CT molecular complexity index is 1120. The summed E-state index contributed by atoms with van der Waals surface area (Å²) in [6, 6.07) is 5.71. The van der Waals surface area contributed by atoms with E-state index in [4.69, 9.17) is 23.4 Å². The van der Waals surface area contributed by atoms with E-state index in [0.717, 1.165) is 19.6 Å². The molecule has 1 N–H and O–H groups in total. The van der Waals surface area contributed by atoms with Crippen molar-refractivity contribution in [1.82, 2.24) is 9.80 Å². The number of aliphatic hydroxyl groups excluding tert-OH is 1. The molecule has 0 aliphatic carbocycles. The van der Waals surface area contributed by atoms with Gasteiger partial charge in [-0.25, -0.2) is 0 Å². The molecule has 10 nitrogen and oxygen atoms in total. The minimum absolute atomic E-state index is 0.0463. The Morgan fingerprint density at radius 3 is 2.28 bits per heavy atom. The molecule has 1 fully saturated rings. The smallest absolute Gasteiger partial charge is 0.290 e. The van der Waals surface area contributed by atoms with Gasteiger partial charge < -0.3 is 33.4 Å². The molecular formula is C26H32N2O8. The van der Waals surface area contributed by atoms with Crippen LogP contribution in [0.1, 0.15) is 34.3 Å². The zero-order valence-corrected chi connectivity index (χ0v) is 21.0. The number of hydrogen-bond acceptors (Lipinski definition) is 9. The van der Waals surface area contributed by atoms with Gasteiger partial charge in [-0.05, 0) is 43.2 Å². The van der Waals surface area contributed by atoms with Gasteiger partial charge in [0.25, 0.3) is 5.91 Å². The van der Waals surface area contributed by atoms with E-state index in [2.05, 4.69) is 4.90 Å². The highest BCUT2D eigenvalue weighted by Crippen LogP contribution is 2.45. The number of hydrogen-bond donors (Lipinski definition) is 1. The number of benzene rings is 1. The molecule has 4 rings (SSSR count). The van der Waals surface area contributed by atoms with Crippen LogP contribution in [0.5, 0.6) is 17.2 Å². The number of carbonyl (C=O) groups excluding carboxylic acids is 2. The number of amides is 1. The van der Waals surface area contributed by atoms with Gasteiger partial charge in [0.1, 0.15) is 5.76 Å². The van der Waals surface area contributed by atoms with Crippen molar-refractivity contribution in [3.8, 4) is 17.2 Å². The average molecular weight is 501 g/mol. The van der Waals surface area contributed by atoms with E-state index < -0.39 is 23.5 Å². The fourth-order valence-corrected chi connectivity index (χ4v) is 4.70. The largest absolute Gasteiger partial charge is 0.503 e. The summed E-state index contributed by atoms with van der Waals surface area (Å²) in [5.74, 6) is -0.0114. The average Bonchev–Trinajstić information content (AvgIpc) is 3.44. The van der Waals surface area contributed by atoms with Crippen molar-refractivity contribution in [2.45, 2.75) is 19.4 Å². The number of nitrogens with zero attached hydrogens (tertiary/aromatic N) is 2. The van der Waals surface area contributed by atoms with Crippen molar-refractivity contribution in [3.63, 3.8) is 0 Å². The Morgan fingerprint density at radius 2 is 1.72 bits per heavy atom.